The van der Waals surface area contributed by atoms with Gasteiger partial charge in [-0.1, -0.05) is 29.8 Å². The summed E-state index contributed by atoms with van der Waals surface area (Å²) in [5.74, 6) is 2.95. The van der Waals surface area contributed by atoms with Crippen LogP contribution in [0.2, 0.25) is 5.02 Å². The quantitative estimate of drug-likeness (QED) is 0.197. The first-order chi connectivity index (χ1) is 18.4. The highest BCUT2D eigenvalue weighted by Crippen LogP contribution is 2.49. The molecule has 6 rings (SSSR count). The lowest BCUT2D eigenvalue weighted by Crippen LogP contribution is -2.41. The number of methoxy groups -OCH3 is 1. The van der Waals surface area contributed by atoms with Crippen molar-refractivity contribution in [1.29, 1.82) is 0 Å². The predicted molar refractivity (Wildman–Crippen MR) is 149 cm³/mol. The van der Waals surface area contributed by atoms with Crippen molar-refractivity contribution in [3.63, 3.8) is 0 Å². The van der Waals surface area contributed by atoms with Gasteiger partial charge < -0.3 is 10.1 Å². The second-order valence-electron chi connectivity index (χ2n) is 10.3. The van der Waals surface area contributed by atoms with E-state index in [0.717, 1.165) is 11.8 Å². The Morgan fingerprint density at radius 1 is 1.18 bits per heavy atom. The van der Waals surface area contributed by atoms with Gasteiger partial charge >= 0.3 is 0 Å². The number of halogens is 1. The van der Waals surface area contributed by atoms with Gasteiger partial charge in [0.25, 0.3) is 5.56 Å². The average Bonchev–Trinajstić information content (AvgIpc) is 3.56. The third kappa shape index (κ3) is 4.73. The Balaban J connectivity index is 1.32. The van der Waals surface area contributed by atoms with Crippen molar-refractivity contribution in [2.24, 2.45) is 17.8 Å². The highest BCUT2D eigenvalue weighted by molar-refractivity contribution is 7.99. The monoisotopic (exact) mass is 549 g/mol. The maximum atomic E-state index is 13.1. The summed E-state index contributed by atoms with van der Waals surface area (Å²) in [6.07, 6.45) is 5.15. The molecule has 196 valence electrons. The van der Waals surface area contributed by atoms with Gasteiger partial charge in [0.05, 0.1) is 18.4 Å². The molecule has 2 fully saturated rings. The summed E-state index contributed by atoms with van der Waals surface area (Å²) in [6, 6.07) is 12.4. The molecule has 1 N–H and O–H groups in total. The Bertz CT molecular complexity index is 1590. The summed E-state index contributed by atoms with van der Waals surface area (Å²) in [6.45, 7) is 2.12. The molecule has 0 spiro atoms. The molecule has 8 nitrogen and oxygen atoms in total. The van der Waals surface area contributed by atoms with Gasteiger partial charge in [0.15, 0.2) is 16.5 Å². The number of hydrogen-bond donors (Lipinski definition) is 1. The van der Waals surface area contributed by atoms with E-state index in [1.807, 2.05) is 0 Å². The van der Waals surface area contributed by atoms with Gasteiger partial charge in [-0.2, -0.15) is 14.6 Å². The van der Waals surface area contributed by atoms with Crippen molar-refractivity contribution < 1.29 is 9.53 Å². The van der Waals surface area contributed by atoms with E-state index in [2.05, 4.69) is 22.3 Å². The van der Waals surface area contributed by atoms with Crippen LogP contribution in [0, 0.1) is 17.8 Å². The minimum atomic E-state index is -0.462. The first-order valence-electron chi connectivity index (χ1n) is 12.9. The van der Waals surface area contributed by atoms with Crippen molar-refractivity contribution in [2.45, 2.75) is 43.8 Å². The summed E-state index contributed by atoms with van der Waals surface area (Å²) >= 11 is 7.52. The molecule has 2 bridgehead atoms. The van der Waals surface area contributed by atoms with Gasteiger partial charge in [0, 0.05) is 22.0 Å². The molecule has 4 aromatic rings. The normalized spacial score (nSPS) is 21.2. The van der Waals surface area contributed by atoms with Crippen molar-refractivity contribution in [2.75, 3.05) is 12.9 Å². The van der Waals surface area contributed by atoms with Crippen LogP contribution >= 0.6 is 23.4 Å². The highest BCUT2D eigenvalue weighted by atomic mass is 35.5. The zero-order chi connectivity index (χ0) is 26.4. The molecule has 0 radical (unpaired) electrons. The van der Waals surface area contributed by atoms with E-state index in [9.17, 15) is 9.59 Å². The van der Waals surface area contributed by atoms with Crippen LogP contribution in [0.1, 0.15) is 32.6 Å². The molecule has 4 atom stereocenters. The Morgan fingerprint density at radius 3 is 2.71 bits per heavy atom. The standard InChI is InChI=1S/C28H28ClN5O3S/c1-15(21-12-16-3-4-18(21)11-16)30-24(35)14-38-28-31-23-10-7-19(29)13-22(23)26-32-27(36)25(33-34(26)28)17-5-8-20(37-2)9-6-17/h5-10,13,15-16,18,21H,3-4,11-12,14H2,1-2H3,(H,30,35). The zero-order valence-electron chi connectivity index (χ0n) is 21.2. The van der Waals surface area contributed by atoms with E-state index in [-0.39, 0.29) is 23.4 Å². The molecule has 2 aliphatic rings. The molecule has 2 saturated carbocycles. The first-order valence-corrected chi connectivity index (χ1v) is 14.2. The summed E-state index contributed by atoms with van der Waals surface area (Å²) in [7, 11) is 1.58. The van der Waals surface area contributed by atoms with Crippen LogP contribution in [0.3, 0.4) is 0 Å². The van der Waals surface area contributed by atoms with Crippen molar-refractivity contribution in [3.8, 4) is 17.0 Å². The largest absolute Gasteiger partial charge is 0.497 e. The van der Waals surface area contributed by atoms with E-state index in [1.165, 1.54) is 42.0 Å². The van der Waals surface area contributed by atoms with Gasteiger partial charge in [0.1, 0.15) is 5.75 Å². The molecular formula is C28H28ClN5O3S. The third-order valence-corrected chi connectivity index (χ3v) is 9.09. The average molecular weight is 550 g/mol. The Kier molecular flexibility index (Phi) is 6.74. The van der Waals surface area contributed by atoms with Gasteiger partial charge in [-0.05, 0) is 86.4 Å². The topological polar surface area (TPSA) is 98.5 Å². The highest BCUT2D eigenvalue weighted by Gasteiger charge is 2.42. The summed E-state index contributed by atoms with van der Waals surface area (Å²) in [5, 5.41) is 9.45. The molecular weight excluding hydrogens is 522 g/mol. The minimum absolute atomic E-state index is 0.0409. The lowest BCUT2D eigenvalue weighted by molar-refractivity contribution is -0.119. The lowest BCUT2D eigenvalue weighted by Gasteiger charge is -2.28. The summed E-state index contributed by atoms with van der Waals surface area (Å²) in [5.41, 5.74) is 1.30. The van der Waals surface area contributed by atoms with Crippen LogP contribution in [0.25, 0.3) is 27.8 Å². The van der Waals surface area contributed by atoms with E-state index in [0.29, 0.717) is 44.0 Å². The molecule has 38 heavy (non-hydrogen) atoms. The van der Waals surface area contributed by atoms with Crippen LogP contribution in [-0.4, -0.2) is 44.4 Å². The number of aromatic nitrogens is 4. The zero-order valence-corrected chi connectivity index (χ0v) is 22.8. The van der Waals surface area contributed by atoms with E-state index >= 15 is 0 Å². The number of amides is 1. The SMILES string of the molecule is COc1ccc(-c2nn3c(SCC(=O)NC(C)C4CC5CCC4C5)nc4ccc(Cl)cc4c3nc2=O)cc1. The van der Waals surface area contributed by atoms with Gasteiger partial charge in [-0.15, -0.1) is 0 Å². The fourth-order valence-corrected chi connectivity index (χ4v) is 7.02. The number of nitrogens with one attached hydrogen (secondary N) is 1. The van der Waals surface area contributed by atoms with Gasteiger partial charge in [-0.3, -0.25) is 9.59 Å². The fraction of sp³-hybridized carbons (Fsp3) is 0.393. The number of carbonyl (C=O) groups is 1. The molecule has 1 amide bonds. The third-order valence-electron chi connectivity index (χ3n) is 7.93. The first kappa shape index (κ1) is 25.1. The fourth-order valence-electron chi connectivity index (χ4n) is 6.09. The van der Waals surface area contributed by atoms with Crippen LogP contribution in [0.15, 0.2) is 52.4 Å². The molecule has 0 saturated heterocycles. The van der Waals surface area contributed by atoms with Crippen LogP contribution < -0.4 is 15.6 Å². The van der Waals surface area contributed by atoms with Crippen LogP contribution in [0.5, 0.6) is 5.75 Å². The Hall–Kier alpha value is -3.17. The molecule has 2 aromatic heterocycles. The Morgan fingerprint density at radius 2 is 2.00 bits per heavy atom. The molecule has 10 heteroatoms. The summed E-state index contributed by atoms with van der Waals surface area (Å²) < 4.78 is 6.77. The lowest BCUT2D eigenvalue weighted by atomic mass is 9.84. The van der Waals surface area contributed by atoms with Crippen molar-refractivity contribution in [1.82, 2.24) is 24.9 Å². The number of fused-ring (bicyclic) bond motifs is 5. The Labute approximate surface area is 229 Å². The second kappa shape index (κ2) is 10.2. The van der Waals surface area contributed by atoms with E-state index in [4.69, 9.17) is 21.3 Å². The number of carbonyl (C=O) groups excluding carboxylic acids is 1. The number of rotatable bonds is 7. The molecule has 0 aliphatic heterocycles. The van der Waals surface area contributed by atoms with Crippen molar-refractivity contribution >= 4 is 45.8 Å². The number of hydrogen-bond acceptors (Lipinski definition) is 7. The molecule has 2 heterocycles. The van der Waals surface area contributed by atoms with Gasteiger partial charge in [-0.25, -0.2) is 4.98 Å². The number of thioether (sulfide) groups is 1. The van der Waals surface area contributed by atoms with Crippen LogP contribution in [-0.2, 0) is 4.79 Å². The second-order valence-corrected chi connectivity index (χ2v) is 11.6. The van der Waals surface area contributed by atoms with Gasteiger partial charge in [0.2, 0.25) is 5.91 Å². The van der Waals surface area contributed by atoms with Crippen LogP contribution in [0.4, 0.5) is 0 Å². The minimum Gasteiger partial charge on any atom is -0.497 e. The van der Waals surface area contributed by atoms with E-state index < -0.39 is 5.56 Å². The maximum Gasteiger partial charge on any atom is 0.300 e. The van der Waals surface area contributed by atoms with Crippen molar-refractivity contribution in [3.05, 3.63) is 57.8 Å². The molecule has 2 aliphatic carbocycles. The molecule has 4 unspecified atom stereocenters. The van der Waals surface area contributed by atoms with E-state index in [1.54, 1.807) is 49.6 Å². The maximum absolute atomic E-state index is 13.1. The number of ether oxygens (including phenoxy) is 1. The number of benzene rings is 2. The number of nitrogens with zero attached hydrogens (tertiary/aromatic N) is 4. The predicted octanol–water partition coefficient (Wildman–Crippen LogP) is 5.00. The smallest absolute Gasteiger partial charge is 0.300 e. The molecule has 2 aromatic carbocycles. The summed E-state index contributed by atoms with van der Waals surface area (Å²) in [4.78, 5) is 35.1.